The number of carboxylic acid groups (broad SMARTS) is 1. The van der Waals surface area contributed by atoms with Crippen LogP contribution in [0.3, 0.4) is 0 Å². The third kappa shape index (κ3) is 2.26. The number of benzene rings is 2. The summed E-state index contributed by atoms with van der Waals surface area (Å²) in [4.78, 5) is 26.6. The molecule has 8 nitrogen and oxygen atoms in total. The van der Waals surface area contributed by atoms with Crippen LogP contribution in [0.2, 0.25) is 0 Å². The standard InChI is InChI=1S/C21H20N2O6S/c1-20(13-22-27)21(19(25)26,23-16(24)12-17(23)30(20,28)29)18(14-8-4-2-5-9-14)15-10-6-3-7-11-15/h2-11,13,17-18,27H,12H2,1H3,(H,25,26)/b22-13+/t17-,20+,21+/m1/s1. The van der Waals surface area contributed by atoms with Gasteiger partial charge in [-0.25, -0.2) is 13.2 Å². The first-order chi connectivity index (χ1) is 14.2. The predicted octanol–water partition coefficient (Wildman–Crippen LogP) is 1.85. The smallest absolute Gasteiger partial charge is 0.332 e. The Labute approximate surface area is 173 Å². The second-order valence-corrected chi connectivity index (χ2v) is 10.1. The van der Waals surface area contributed by atoms with Crippen LogP contribution in [-0.4, -0.2) is 57.4 Å². The van der Waals surface area contributed by atoms with Gasteiger partial charge in [-0.15, -0.1) is 5.16 Å². The minimum absolute atomic E-state index is 0.303. The first-order valence-electron chi connectivity index (χ1n) is 9.31. The summed E-state index contributed by atoms with van der Waals surface area (Å²) in [5, 5.41) is 21.6. The fraction of sp³-hybridized carbons (Fsp3) is 0.286. The maximum atomic E-state index is 13.4. The maximum Gasteiger partial charge on any atom is 0.332 e. The van der Waals surface area contributed by atoms with Gasteiger partial charge in [-0.1, -0.05) is 60.7 Å². The van der Waals surface area contributed by atoms with Crippen molar-refractivity contribution in [2.75, 3.05) is 0 Å². The Hall–Kier alpha value is -3.20. The highest BCUT2D eigenvalue weighted by Gasteiger charge is 2.80. The zero-order chi connectivity index (χ0) is 21.7. The molecule has 0 aromatic heterocycles. The number of carboxylic acids is 1. The van der Waals surface area contributed by atoms with Crippen LogP contribution in [0.15, 0.2) is 65.8 Å². The summed E-state index contributed by atoms with van der Waals surface area (Å²) in [6.07, 6.45) is 0.434. The molecule has 2 aromatic rings. The molecule has 0 radical (unpaired) electrons. The molecule has 0 bridgehead atoms. The fourth-order valence-electron chi connectivity index (χ4n) is 4.91. The van der Waals surface area contributed by atoms with E-state index in [2.05, 4.69) is 5.16 Å². The third-order valence-electron chi connectivity index (χ3n) is 6.31. The molecule has 0 aliphatic carbocycles. The highest BCUT2D eigenvalue weighted by molar-refractivity contribution is 7.94. The quantitative estimate of drug-likeness (QED) is 0.324. The van der Waals surface area contributed by atoms with Gasteiger partial charge in [-0.05, 0) is 18.1 Å². The molecule has 30 heavy (non-hydrogen) atoms. The monoisotopic (exact) mass is 428 g/mol. The topological polar surface area (TPSA) is 124 Å². The highest BCUT2D eigenvalue weighted by Crippen LogP contribution is 2.58. The summed E-state index contributed by atoms with van der Waals surface area (Å²) < 4.78 is 24.7. The maximum absolute atomic E-state index is 13.4. The molecule has 156 valence electrons. The van der Waals surface area contributed by atoms with Gasteiger partial charge in [-0.3, -0.25) is 4.79 Å². The number of nitrogens with zero attached hydrogens (tertiary/aromatic N) is 2. The first kappa shape index (κ1) is 20.1. The second kappa shape index (κ2) is 6.66. The number of sulfone groups is 1. The van der Waals surface area contributed by atoms with E-state index in [9.17, 15) is 28.3 Å². The van der Waals surface area contributed by atoms with Crippen molar-refractivity contribution in [1.82, 2.24) is 4.90 Å². The molecule has 4 rings (SSSR count). The summed E-state index contributed by atoms with van der Waals surface area (Å²) in [5.41, 5.74) is -1.20. The number of β-lactam (4-membered cyclic amide) rings is 1. The molecule has 0 unspecified atom stereocenters. The molecule has 2 aliphatic rings. The lowest BCUT2D eigenvalue weighted by Crippen LogP contribution is -2.71. The largest absolute Gasteiger partial charge is 0.479 e. The van der Waals surface area contributed by atoms with E-state index in [0.717, 1.165) is 11.1 Å². The van der Waals surface area contributed by atoms with Crippen LogP contribution < -0.4 is 0 Å². The van der Waals surface area contributed by atoms with E-state index in [4.69, 9.17) is 0 Å². The van der Waals surface area contributed by atoms with Gasteiger partial charge in [0.25, 0.3) is 0 Å². The Kier molecular flexibility index (Phi) is 4.46. The number of fused-ring (bicyclic) bond motifs is 1. The van der Waals surface area contributed by atoms with Gasteiger partial charge < -0.3 is 15.2 Å². The normalized spacial score (nSPS) is 29.7. The SMILES string of the molecule is C[C@]1(/C=N/O)[C@@](C(=O)O)(C(c2ccccc2)c2ccccc2)N2C(=O)C[C@H]2S1(=O)=O. The molecule has 0 spiro atoms. The van der Waals surface area contributed by atoms with Crippen LogP contribution in [0.1, 0.15) is 30.4 Å². The van der Waals surface area contributed by atoms with E-state index in [1.54, 1.807) is 60.7 Å². The average Bonchev–Trinajstić information content (AvgIpc) is 2.83. The number of rotatable bonds is 5. The Morgan fingerprint density at radius 2 is 1.63 bits per heavy atom. The molecular formula is C21H20N2O6S. The van der Waals surface area contributed by atoms with Crippen molar-refractivity contribution >= 4 is 27.9 Å². The molecule has 2 fully saturated rings. The Morgan fingerprint density at radius 3 is 2.03 bits per heavy atom. The van der Waals surface area contributed by atoms with Gasteiger partial charge in [-0.2, -0.15) is 0 Å². The number of amides is 1. The van der Waals surface area contributed by atoms with E-state index >= 15 is 0 Å². The summed E-state index contributed by atoms with van der Waals surface area (Å²) in [5.74, 6) is -3.09. The highest BCUT2D eigenvalue weighted by atomic mass is 32.2. The first-order valence-corrected chi connectivity index (χ1v) is 10.9. The van der Waals surface area contributed by atoms with Crippen molar-refractivity contribution in [2.24, 2.45) is 5.16 Å². The molecule has 0 saturated carbocycles. The van der Waals surface area contributed by atoms with Crippen LogP contribution >= 0.6 is 0 Å². The van der Waals surface area contributed by atoms with E-state index in [-0.39, 0.29) is 6.42 Å². The molecule has 2 aliphatic heterocycles. The fourth-order valence-corrected chi connectivity index (χ4v) is 7.33. The summed E-state index contributed by atoms with van der Waals surface area (Å²) in [6, 6.07) is 17.2. The van der Waals surface area contributed by atoms with Gasteiger partial charge in [0.1, 0.15) is 10.1 Å². The van der Waals surface area contributed by atoms with Crippen LogP contribution in [0.5, 0.6) is 0 Å². The van der Waals surface area contributed by atoms with Gasteiger partial charge in [0.2, 0.25) is 5.91 Å². The van der Waals surface area contributed by atoms with E-state index in [0.29, 0.717) is 11.1 Å². The van der Waals surface area contributed by atoms with Gasteiger partial charge >= 0.3 is 5.97 Å². The van der Waals surface area contributed by atoms with Crippen LogP contribution in [-0.2, 0) is 19.4 Å². The van der Waals surface area contributed by atoms with Crippen LogP contribution in [0.4, 0.5) is 0 Å². The minimum atomic E-state index is -4.22. The molecule has 3 atom stereocenters. The molecule has 2 aromatic carbocycles. The van der Waals surface area contributed by atoms with Crippen molar-refractivity contribution < 1.29 is 28.3 Å². The number of hydrogen-bond acceptors (Lipinski definition) is 6. The van der Waals surface area contributed by atoms with Crippen molar-refractivity contribution in [3.8, 4) is 0 Å². The lowest BCUT2D eigenvalue weighted by Gasteiger charge is -2.49. The lowest BCUT2D eigenvalue weighted by atomic mass is 9.66. The van der Waals surface area contributed by atoms with Gasteiger partial charge in [0, 0.05) is 5.92 Å². The molecule has 1 amide bonds. The van der Waals surface area contributed by atoms with Crippen LogP contribution in [0, 0.1) is 0 Å². The lowest BCUT2D eigenvalue weighted by molar-refractivity contribution is -0.168. The van der Waals surface area contributed by atoms with E-state index < -0.39 is 43.3 Å². The molecule has 9 heteroatoms. The second-order valence-electron chi connectivity index (χ2n) is 7.65. The average molecular weight is 428 g/mol. The van der Waals surface area contributed by atoms with E-state index in [1.807, 2.05) is 0 Å². The van der Waals surface area contributed by atoms with Crippen molar-refractivity contribution in [3.05, 3.63) is 71.8 Å². The summed E-state index contributed by atoms with van der Waals surface area (Å²) in [6.45, 7) is 1.21. The summed E-state index contributed by atoms with van der Waals surface area (Å²) in [7, 11) is -4.22. The number of oxime groups is 1. The summed E-state index contributed by atoms with van der Waals surface area (Å²) >= 11 is 0. The van der Waals surface area contributed by atoms with Crippen molar-refractivity contribution in [3.63, 3.8) is 0 Å². The molecule has 2 heterocycles. The molecule has 2 N–H and O–H groups in total. The number of aliphatic carboxylic acids is 1. The number of carbonyl (C=O) groups excluding carboxylic acids is 1. The van der Waals surface area contributed by atoms with Gasteiger partial charge in [0.15, 0.2) is 15.4 Å². The third-order valence-corrected chi connectivity index (χ3v) is 9.00. The minimum Gasteiger partial charge on any atom is -0.479 e. The molecular weight excluding hydrogens is 408 g/mol. The Balaban J connectivity index is 2.15. The Morgan fingerprint density at radius 1 is 1.13 bits per heavy atom. The predicted molar refractivity (Wildman–Crippen MR) is 108 cm³/mol. The van der Waals surface area contributed by atoms with Gasteiger partial charge in [0.05, 0.1) is 12.6 Å². The number of carbonyl (C=O) groups is 2. The molecule has 2 saturated heterocycles. The Bertz CT molecular complexity index is 1100. The van der Waals surface area contributed by atoms with Crippen LogP contribution in [0.25, 0.3) is 0 Å². The number of hydrogen-bond donors (Lipinski definition) is 2. The zero-order valence-corrected chi connectivity index (χ0v) is 16.9. The van der Waals surface area contributed by atoms with E-state index in [1.165, 1.54) is 6.92 Å². The zero-order valence-electron chi connectivity index (χ0n) is 16.0. The van der Waals surface area contributed by atoms with Crippen molar-refractivity contribution in [2.45, 2.75) is 34.9 Å². The van der Waals surface area contributed by atoms with Crippen molar-refractivity contribution in [1.29, 1.82) is 0 Å².